The van der Waals surface area contributed by atoms with Gasteiger partial charge in [0.1, 0.15) is 81.7 Å². The smallest absolute Gasteiger partial charge is 0.263 e. The van der Waals surface area contributed by atoms with Crippen molar-refractivity contribution in [1.29, 1.82) is 0 Å². The zero-order valence-corrected chi connectivity index (χ0v) is 83.1. The van der Waals surface area contributed by atoms with Gasteiger partial charge in [-0.15, -0.1) is 45.3 Å². The molecular formula is C104H122N18O12S4. The van der Waals surface area contributed by atoms with Crippen LogP contribution >= 0.6 is 45.3 Å². The van der Waals surface area contributed by atoms with Gasteiger partial charge in [0.2, 0.25) is 5.91 Å². The Morgan fingerprint density at radius 2 is 0.783 bits per heavy atom. The Balaban J connectivity index is 0.000000113. The van der Waals surface area contributed by atoms with Gasteiger partial charge < -0.3 is 102 Å². The van der Waals surface area contributed by atoms with Crippen molar-refractivity contribution in [2.75, 3.05) is 143 Å². The summed E-state index contributed by atoms with van der Waals surface area (Å²) < 4.78 is 41.9. The number of rotatable bonds is 17. The highest BCUT2D eigenvalue weighted by Crippen LogP contribution is 2.51. The molecule has 3 saturated carbocycles. The maximum atomic E-state index is 13.1. The number of aromatic nitrogens is 5. The lowest BCUT2D eigenvalue weighted by Crippen LogP contribution is -2.42. The number of carbonyl (C=O) groups is 5. The monoisotopic (exact) mass is 1940 g/mol. The summed E-state index contributed by atoms with van der Waals surface area (Å²) in [7, 11) is 7.24. The molecule has 5 amide bonds. The zero-order valence-electron chi connectivity index (χ0n) is 79.8. The molecule has 724 valence electrons. The number of amides is 5. The number of nitrogens with one attached hydrogen (secondary N) is 5. The first kappa shape index (κ1) is 93.9. The molecule has 34 heteroatoms. The third-order valence-electron chi connectivity index (χ3n) is 30.5. The van der Waals surface area contributed by atoms with Crippen LogP contribution < -0.4 is 83.3 Å². The average Bonchev–Trinajstić information content (AvgIpc) is 1.61. The average molecular weight is 1940 g/mol. The Hall–Kier alpha value is -11.8. The molecular weight excluding hydrogens is 1820 g/mol. The van der Waals surface area contributed by atoms with E-state index in [1.165, 1.54) is 108 Å². The third-order valence-corrected chi connectivity index (χ3v) is 34.9. The minimum atomic E-state index is -0.166. The molecule has 7 fully saturated rings. The zero-order chi connectivity index (χ0) is 95.9. The lowest BCUT2D eigenvalue weighted by Gasteiger charge is -2.29. The van der Waals surface area contributed by atoms with Gasteiger partial charge in [-0.3, -0.25) is 24.0 Å². The van der Waals surface area contributed by atoms with E-state index in [9.17, 15) is 24.0 Å². The second-order valence-corrected chi connectivity index (χ2v) is 43.4. The van der Waals surface area contributed by atoms with Gasteiger partial charge in [-0.1, -0.05) is 43.5 Å². The molecule has 0 spiro atoms. The highest BCUT2D eigenvalue weighted by atomic mass is 32.1. The molecule has 9 aromatic heterocycles. The first-order valence-electron chi connectivity index (χ1n) is 48.2. The van der Waals surface area contributed by atoms with Crippen molar-refractivity contribution < 1.29 is 57.1 Å². The van der Waals surface area contributed by atoms with E-state index in [1.54, 1.807) is 7.11 Å². The number of nitrogens with two attached hydrogens (primary N) is 4. The number of benzene rings is 3. The van der Waals surface area contributed by atoms with E-state index in [4.69, 9.17) is 61.1 Å². The molecule has 13 N–H and O–H groups in total. The van der Waals surface area contributed by atoms with Crippen LogP contribution in [0.4, 0.5) is 45.6 Å². The minimum Gasteiger partial charge on any atom is -0.491 e. The molecule has 0 bridgehead atoms. The topological polar surface area (TPSA) is 392 Å². The second kappa shape index (κ2) is 38.4. The number of carbonyl (C=O) groups excluding carboxylic acids is 5. The molecule has 4 saturated heterocycles. The van der Waals surface area contributed by atoms with Crippen LogP contribution in [0.3, 0.4) is 0 Å². The molecule has 7 aliphatic heterocycles. The Morgan fingerprint density at radius 1 is 0.406 bits per heavy atom. The van der Waals surface area contributed by atoms with Crippen molar-refractivity contribution in [3.63, 3.8) is 0 Å². The normalized spacial score (nSPS) is 24.6. The van der Waals surface area contributed by atoms with Gasteiger partial charge in [0, 0.05) is 197 Å². The number of nitrogen functional groups attached to an aromatic ring is 4. The number of nitrogens with zero attached hydrogens (tertiary/aromatic N) is 9. The van der Waals surface area contributed by atoms with Crippen LogP contribution in [0.2, 0.25) is 0 Å². The van der Waals surface area contributed by atoms with E-state index < -0.39 is 0 Å². The molecule has 16 heterocycles. The van der Waals surface area contributed by atoms with Gasteiger partial charge in [0.15, 0.2) is 0 Å². The summed E-state index contributed by atoms with van der Waals surface area (Å²) in [5, 5.41) is 18.9. The van der Waals surface area contributed by atoms with E-state index in [0.29, 0.717) is 92.9 Å². The van der Waals surface area contributed by atoms with Crippen LogP contribution in [0.15, 0.2) is 109 Å². The Morgan fingerprint density at radius 3 is 1.17 bits per heavy atom. The second-order valence-electron chi connectivity index (χ2n) is 39.4. The number of pyridine rings is 5. The fourth-order valence-corrected chi connectivity index (χ4v) is 27.4. The van der Waals surface area contributed by atoms with Gasteiger partial charge in [0.05, 0.1) is 69.8 Å². The molecule has 138 heavy (non-hydrogen) atoms. The number of aryl methyl sites for hydroxylation is 6. The first-order chi connectivity index (χ1) is 66.6. The number of fused-ring (bicyclic) bond motifs is 11. The molecule has 12 atom stereocenters. The maximum Gasteiger partial charge on any atom is 0.263 e. The van der Waals surface area contributed by atoms with Crippen molar-refractivity contribution in [3.8, 4) is 17.2 Å². The number of methoxy groups -OCH3 is 4. The van der Waals surface area contributed by atoms with Gasteiger partial charge in [-0.25, -0.2) is 24.9 Å². The van der Waals surface area contributed by atoms with Crippen molar-refractivity contribution >= 4 is 161 Å². The lowest BCUT2D eigenvalue weighted by atomic mass is 9.91. The number of hydrogen-bond acceptors (Lipinski definition) is 29. The fourth-order valence-electron chi connectivity index (χ4n) is 23.2. The number of anilines is 8. The SMILES string of the molecule is CO[C@@]12CCC[C@@H]1CN(c1ccc3c(c1)OC[C@H](NC(=O)c1sc4nc(C)ccc4c1N)C3)C2.CO[C@H]1CN(c2ccc3c(n2)CC[C@H](NC(=O)c2sc4nc(C)cc(C)c4c2N)C3)C[C@@H]1NC(C)=O.CO[C@]12CCC[C@@H]1CN(c1ccc3c(c1)OC[C@H](NC(=O)c1sc4nc(C)ccc4c1N)C3)C2.CO[C@]12CCC[C@H]1CN(c1ccc3c(c1)OC[C@H](NC(=O)c1sc4nc(C)ccc4c1N)C3)C2. The summed E-state index contributed by atoms with van der Waals surface area (Å²) in [5.74, 6) is 4.74. The summed E-state index contributed by atoms with van der Waals surface area (Å²) >= 11 is 5.37. The highest BCUT2D eigenvalue weighted by molar-refractivity contribution is 7.22. The number of hydrogen-bond donors (Lipinski definition) is 9. The van der Waals surface area contributed by atoms with E-state index in [-0.39, 0.29) is 82.7 Å². The molecule has 30 nitrogen and oxygen atoms in total. The summed E-state index contributed by atoms with van der Waals surface area (Å²) in [5.41, 5.74) is 41.0. The van der Waals surface area contributed by atoms with Gasteiger partial charge in [-0.05, 0) is 206 Å². The largest absolute Gasteiger partial charge is 0.491 e. The van der Waals surface area contributed by atoms with Gasteiger partial charge in [0.25, 0.3) is 23.6 Å². The number of thiophene rings is 4. The van der Waals surface area contributed by atoms with Crippen LogP contribution in [0.1, 0.15) is 166 Å². The molecule has 12 aromatic rings. The van der Waals surface area contributed by atoms with E-state index in [0.717, 1.165) is 217 Å². The van der Waals surface area contributed by atoms with E-state index >= 15 is 0 Å². The van der Waals surface area contributed by atoms with Crippen molar-refractivity contribution in [2.45, 2.75) is 191 Å². The Bertz CT molecular complexity index is 6280. The molecule has 23 rings (SSSR count). The van der Waals surface area contributed by atoms with Crippen molar-refractivity contribution in [1.82, 2.24) is 51.5 Å². The van der Waals surface area contributed by atoms with Crippen molar-refractivity contribution in [2.24, 2.45) is 17.8 Å². The Labute approximate surface area is 818 Å². The summed E-state index contributed by atoms with van der Waals surface area (Å²) in [4.78, 5) is 101. The molecule has 11 aliphatic rings. The lowest BCUT2D eigenvalue weighted by molar-refractivity contribution is -0.120. The van der Waals surface area contributed by atoms with E-state index in [1.807, 2.05) is 104 Å². The van der Waals surface area contributed by atoms with Crippen LogP contribution in [0, 0.1) is 52.4 Å². The van der Waals surface area contributed by atoms with Crippen molar-refractivity contribution in [3.05, 3.63) is 185 Å². The van der Waals surface area contributed by atoms with Gasteiger partial charge >= 0.3 is 0 Å². The fraction of sp³-hybridized carbons (Fsp3) is 0.462. The molecule has 0 radical (unpaired) electrons. The highest BCUT2D eigenvalue weighted by Gasteiger charge is 2.53. The summed E-state index contributed by atoms with van der Waals surface area (Å²) in [6, 6.07) is 36.7. The van der Waals surface area contributed by atoms with Gasteiger partial charge in [-0.2, -0.15) is 0 Å². The van der Waals surface area contributed by atoms with Crippen LogP contribution in [0.5, 0.6) is 17.2 Å². The summed E-state index contributed by atoms with van der Waals surface area (Å²) in [6.07, 6.45) is 15.4. The molecule has 0 unspecified atom stereocenters. The predicted molar refractivity (Wildman–Crippen MR) is 547 cm³/mol. The molecule has 3 aromatic carbocycles. The predicted octanol–water partition coefficient (Wildman–Crippen LogP) is 14.3. The van der Waals surface area contributed by atoms with Crippen LogP contribution in [-0.2, 0) is 55.8 Å². The quantitative estimate of drug-likeness (QED) is 0.0409. The number of ether oxygens (including phenoxy) is 7. The Kier molecular flexibility index (Phi) is 26.1. The standard InChI is InChI=1S/C26H32N6O3S.3C26H30N4O3S/c1-13-9-14(2)28-26-22(13)23(27)24(36-26)25(34)30-17-6-7-18-16(10-17)5-8-21(31-18)32-11-19(29-15(3)33)20(12-32)35-4;3*1-15-5-8-20-22(27)23(34-25(20)28-15)24(31)29-18-10-16-6-7-19(11-21(16)33-13-18)30-12-17-4-3-9-26(17,14-30)32-2/h5,8-9,17,19-20H,6-7,10-12,27H2,1-4H3,(H,29,33)(H,30,34);3*5-8,11,17-18H,3-4,9-10,12-14,27H2,1-2H3,(H,29,31)/t17-,19-,20-;17-,18+,26-;17-,18-,26+;17-,18-,26-/m0011/s1. The summed E-state index contributed by atoms with van der Waals surface area (Å²) in [6.45, 7) is 19.9. The maximum absolute atomic E-state index is 13.1. The minimum absolute atomic E-state index is 0.00872. The van der Waals surface area contributed by atoms with Crippen LogP contribution in [0.25, 0.3) is 40.9 Å². The third kappa shape index (κ3) is 18.4. The first-order valence-corrected chi connectivity index (χ1v) is 51.4. The van der Waals surface area contributed by atoms with Crippen LogP contribution in [-0.4, -0.2) is 208 Å². The molecule has 4 aliphatic carbocycles. The van der Waals surface area contributed by atoms with E-state index in [2.05, 4.69) is 127 Å².